The molecule has 3 saturated heterocycles. The van der Waals surface area contributed by atoms with Crippen LogP contribution in [-0.2, 0) is 14.3 Å². The van der Waals surface area contributed by atoms with Crippen molar-refractivity contribution in [3.63, 3.8) is 0 Å². The van der Waals surface area contributed by atoms with Crippen LogP contribution in [0, 0.1) is 11.8 Å². The normalized spacial score (nSPS) is 30.6. The Balaban J connectivity index is 1.51. The predicted molar refractivity (Wildman–Crippen MR) is 81.8 cm³/mol. The molecule has 0 aliphatic carbocycles. The Labute approximate surface area is 138 Å². The Morgan fingerprint density at radius 1 is 1.25 bits per heavy atom. The number of hydrazine groups is 1. The van der Waals surface area contributed by atoms with Crippen molar-refractivity contribution in [3.8, 4) is 5.75 Å². The van der Waals surface area contributed by atoms with Gasteiger partial charge >= 0.3 is 0 Å². The van der Waals surface area contributed by atoms with Crippen LogP contribution >= 0.6 is 0 Å². The minimum absolute atomic E-state index is 0.195. The van der Waals surface area contributed by atoms with Gasteiger partial charge in [0.25, 0.3) is 17.7 Å². The lowest BCUT2D eigenvalue weighted by atomic mass is 9.81. The molecule has 1 aromatic rings. The first-order valence-corrected chi connectivity index (χ1v) is 8.17. The van der Waals surface area contributed by atoms with Crippen molar-refractivity contribution >= 4 is 17.7 Å². The second-order valence-corrected chi connectivity index (χ2v) is 6.26. The van der Waals surface area contributed by atoms with E-state index in [0.29, 0.717) is 17.9 Å². The third kappa shape index (κ3) is 2.19. The van der Waals surface area contributed by atoms with Gasteiger partial charge in [-0.3, -0.25) is 19.8 Å². The Kier molecular flexibility index (Phi) is 3.53. The monoisotopic (exact) mass is 330 g/mol. The number of nitrogens with one attached hydrogen (secondary N) is 1. The van der Waals surface area contributed by atoms with Crippen LogP contribution in [0.25, 0.3) is 0 Å². The summed E-state index contributed by atoms with van der Waals surface area (Å²) in [7, 11) is 0. The summed E-state index contributed by atoms with van der Waals surface area (Å²) >= 11 is 0. The molecule has 3 fully saturated rings. The number of hydrogen-bond donors (Lipinski definition) is 1. The van der Waals surface area contributed by atoms with Crippen molar-refractivity contribution in [1.29, 1.82) is 0 Å². The molecule has 0 saturated carbocycles. The minimum Gasteiger partial charge on any atom is -0.494 e. The van der Waals surface area contributed by atoms with Crippen molar-refractivity contribution < 1.29 is 23.9 Å². The van der Waals surface area contributed by atoms with E-state index < -0.39 is 17.7 Å². The molecule has 4 atom stereocenters. The van der Waals surface area contributed by atoms with Gasteiger partial charge in [0.2, 0.25) is 0 Å². The number of rotatable bonds is 4. The van der Waals surface area contributed by atoms with E-state index in [0.717, 1.165) is 17.9 Å². The first-order chi connectivity index (χ1) is 11.6. The highest BCUT2D eigenvalue weighted by molar-refractivity contribution is 6.08. The van der Waals surface area contributed by atoms with Gasteiger partial charge in [-0.2, -0.15) is 5.01 Å². The predicted octanol–water partition coefficient (Wildman–Crippen LogP) is 0.892. The molecular formula is C17H18N2O5. The summed E-state index contributed by atoms with van der Waals surface area (Å²) in [5.74, 6) is -1.59. The summed E-state index contributed by atoms with van der Waals surface area (Å²) in [6.07, 6.45) is 1.20. The molecule has 3 aliphatic heterocycles. The quantitative estimate of drug-likeness (QED) is 0.829. The molecule has 2 bridgehead atoms. The lowest BCUT2D eigenvalue weighted by molar-refractivity contribution is -0.145. The van der Waals surface area contributed by atoms with Crippen LogP contribution in [-0.4, -0.2) is 41.5 Å². The van der Waals surface area contributed by atoms with Crippen molar-refractivity contribution in [2.75, 3.05) is 6.61 Å². The zero-order chi connectivity index (χ0) is 16.8. The molecule has 1 N–H and O–H groups in total. The Hall–Kier alpha value is -2.41. The standard InChI is InChI=1S/C17H18N2O5/c1-2-23-10-5-3-4-9(8-10)15(20)18-19-16(21)13-11-6-7-12(24-11)14(13)17(19)22/h3-5,8,11-14H,2,6-7H2,1H3,(H,18,20)/t11-,12-,13+,14+/m1/s1. The number of amides is 3. The van der Waals surface area contributed by atoms with E-state index in [2.05, 4.69) is 5.43 Å². The van der Waals surface area contributed by atoms with E-state index in [9.17, 15) is 14.4 Å². The molecule has 4 rings (SSSR count). The van der Waals surface area contributed by atoms with Gasteiger partial charge in [0.05, 0.1) is 30.7 Å². The Morgan fingerprint density at radius 2 is 1.92 bits per heavy atom. The molecule has 7 heteroatoms. The maximum Gasteiger partial charge on any atom is 0.270 e. The number of nitrogens with zero attached hydrogens (tertiary/aromatic N) is 1. The van der Waals surface area contributed by atoms with Gasteiger partial charge in [0.1, 0.15) is 5.75 Å². The summed E-state index contributed by atoms with van der Waals surface area (Å²) in [4.78, 5) is 37.4. The smallest absolute Gasteiger partial charge is 0.270 e. The second kappa shape index (κ2) is 5.59. The second-order valence-electron chi connectivity index (χ2n) is 6.26. The molecular weight excluding hydrogens is 312 g/mol. The van der Waals surface area contributed by atoms with Crippen LogP contribution in [0.2, 0.25) is 0 Å². The van der Waals surface area contributed by atoms with E-state index in [1.54, 1.807) is 24.3 Å². The van der Waals surface area contributed by atoms with E-state index in [1.807, 2.05) is 6.92 Å². The van der Waals surface area contributed by atoms with Gasteiger partial charge in [-0.15, -0.1) is 0 Å². The molecule has 0 radical (unpaired) electrons. The van der Waals surface area contributed by atoms with E-state index in [-0.39, 0.29) is 24.0 Å². The van der Waals surface area contributed by atoms with Crippen LogP contribution < -0.4 is 10.2 Å². The fraction of sp³-hybridized carbons (Fsp3) is 0.471. The Morgan fingerprint density at radius 3 is 2.54 bits per heavy atom. The minimum atomic E-state index is -0.508. The maximum atomic E-state index is 12.5. The molecule has 3 amide bonds. The van der Waals surface area contributed by atoms with Crippen LogP contribution in [0.4, 0.5) is 0 Å². The maximum absolute atomic E-state index is 12.5. The summed E-state index contributed by atoms with van der Waals surface area (Å²) in [5.41, 5.74) is 2.78. The van der Waals surface area contributed by atoms with Crippen molar-refractivity contribution in [1.82, 2.24) is 10.4 Å². The van der Waals surface area contributed by atoms with Crippen LogP contribution in [0.3, 0.4) is 0 Å². The number of ether oxygens (including phenoxy) is 2. The first kappa shape index (κ1) is 15.1. The topological polar surface area (TPSA) is 84.9 Å². The van der Waals surface area contributed by atoms with Gasteiger partial charge in [0.15, 0.2) is 0 Å². The highest BCUT2D eigenvalue weighted by Gasteiger charge is 2.62. The third-order valence-electron chi connectivity index (χ3n) is 4.90. The first-order valence-electron chi connectivity index (χ1n) is 8.17. The number of fused-ring (bicyclic) bond motifs is 5. The van der Waals surface area contributed by atoms with Crippen molar-refractivity contribution in [2.45, 2.75) is 32.0 Å². The summed E-state index contributed by atoms with van der Waals surface area (Å²) in [6, 6.07) is 6.62. The summed E-state index contributed by atoms with van der Waals surface area (Å²) in [5, 5.41) is 0.874. The highest BCUT2D eigenvalue weighted by atomic mass is 16.5. The van der Waals surface area contributed by atoms with Crippen molar-refractivity contribution in [3.05, 3.63) is 29.8 Å². The fourth-order valence-electron chi connectivity index (χ4n) is 3.88. The Bertz CT molecular complexity index is 691. The van der Waals surface area contributed by atoms with E-state index >= 15 is 0 Å². The van der Waals surface area contributed by atoms with Gasteiger partial charge in [0, 0.05) is 5.56 Å². The summed E-state index contributed by atoms with van der Waals surface area (Å²) in [6.45, 7) is 2.34. The number of carbonyl (C=O) groups excluding carboxylic acids is 3. The zero-order valence-corrected chi connectivity index (χ0v) is 13.2. The largest absolute Gasteiger partial charge is 0.494 e. The van der Waals surface area contributed by atoms with Gasteiger partial charge < -0.3 is 9.47 Å². The average Bonchev–Trinajstić information content (AvgIpc) is 3.25. The molecule has 0 unspecified atom stereocenters. The molecule has 126 valence electrons. The fourth-order valence-corrected chi connectivity index (χ4v) is 3.88. The van der Waals surface area contributed by atoms with Gasteiger partial charge in [-0.1, -0.05) is 6.07 Å². The van der Waals surface area contributed by atoms with Crippen LogP contribution in [0.15, 0.2) is 24.3 Å². The molecule has 0 aromatic heterocycles. The molecule has 1 aromatic carbocycles. The van der Waals surface area contributed by atoms with Gasteiger partial charge in [-0.25, -0.2) is 0 Å². The highest BCUT2D eigenvalue weighted by Crippen LogP contribution is 2.48. The number of carbonyl (C=O) groups is 3. The molecule has 3 heterocycles. The number of hydrogen-bond acceptors (Lipinski definition) is 5. The third-order valence-corrected chi connectivity index (χ3v) is 4.90. The number of benzene rings is 1. The molecule has 0 spiro atoms. The molecule has 24 heavy (non-hydrogen) atoms. The number of imide groups is 1. The van der Waals surface area contributed by atoms with Gasteiger partial charge in [-0.05, 0) is 38.0 Å². The average molecular weight is 330 g/mol. The van der Waals surface area contributed by atoms with E-state index in [1.165, 1.54) is 0 Å². The lowest BCUT2D eigenvalue weighted by Gasteiger charge is -2.18. The van der Waals surface area contributed by atoms with Crippen molar-refractivity contribution in [2.24, 2.45) is 11.8 Å². The summed E-state index contributed by atoms with van der Waals surface area (Å²) < 4.78 is 11.0. The van der Waals surface area contributed by atoms with Crippen LogP contribution in [0.1, 0.15) is 30.1 Å². The van der Waals surface area contributed by atoms with E-state index in [4.69, 9.17) is 9.47 Å². The van der Waals surface area contributed by atoms with Crippen LogP contribution in [0.5, 0.6) is 5.75 Å². The SMILES string of the molecule is CCOc1cccc(C(=O)NN2C(=O)[C@@H]3[C@@H](C2=O)[C@H]2CC[C@H]3O2)c1. The molecule has 7 nitrogen and oxygen atoms in total. The molecule has 3 aliphatic rings. The zero-order valence-electron chi connectivity index (χ0n) is 13.2. The lowest BCUT2D eigenvalue weighted by Crippen LogP contribution is -2.47.